The molecule has 0 radical (unpaired) electrons. The van der Waals surface area contributed by atoms with Gasteiger partial charge >= 0.3 is 12.2 Å². The summed E-state index contributed by atoms with van der Waals surface area (Å²) >= 11 is 3.59. The molecule has 1 aliphatic carbocycles. The molecule has 1 aromatic rings. The molecule has 0 fully saturated rings. The number of carbonyl (C=O) groups excluding carboxylic acids is 2. The van der Waals surface area contributed by atoms with E-state index in [0.29, 0.717) is 12.8 Å². The Hall–Kier alpha value is -1.56. The van der Waals surface area contributed by atoms with Crippen molar-refractivity contribution in [3.8, 4) is 0 Å². The Kier molecular flexibility index (Phi) is 6.61. The van der Waals surface area contributed by atoms with Gasteiger partial charge < -0.3 is 9.47 Å². The topological polar surface area (TPSA) is 55.8 Å². The lowest BCUT2D eigenvalue weighted by molar-refractivity contribution is -0.0156. The Morgan fingerprint density at radius 3 is 2.37 bits per heavy atom. The summed E-state index contributed by atoms with van der Waals surface area (Å²) in [5.41, 5.74) is 0.724. The van der Waals surface area contributed by atoms with Gasteiger partial charge in [0.15, 0.2) is 0 Å². The van der Waals surface area contributed by atoms with Gasteiger partial charge in [0.1, 0.15) is 11.2 Å². The van der Waals surface area contributed by atoms with Gasteiger partial charge in [-0.05, 0) is 77.5 Å². The molecule has 6 heteroatoms. The zero-order chi connectivity index (χ0) is 20.4. The highest BCUT2D eigenvalue weighted by atomic mass is 79.9. The Balaban J connectivity index is 2.45. The highest BCUT2D eigenvalue weighted by molar-refractivity contribution is 9.10. The van der Waals surface area contributed by atoms with Crippen molar-refractivity contribution >= 4 is 28.1 Å². The number of hydrogen-bond acceptors (Lipinski definition) is 4. The predicted molar refractivity (Wildman–Crippen MR) is 109 cm³/mol. The lowest BCUT2D eigenvalue weighted by Gasteiger charge is -2.37. The van der Waals surface area contributed by atoms with Gasteiger partial charge in [0.2, 0.25) is 0 Å². The molecule has 0 N–H and O–H groups in total. The minimum Gasteiger partial charge on any atom is -0.443 e. The second-order valence-electron chi connectivity index (χ2n) is 8.55. The number of carbonyl (C=O) groups is 2. The van der Waals surface area contributed by atoms with Crippen molar-refractivity contribution in [2.24, 2.45) is 0 Å². The van der Waals surface area contributed by atoms with Crippen LogP contribution in [0.15, 0.2) is 22.7 Å². The summed E-state index contributed by atoms with van der Waals surface area (Å²) in [5.74, 6) is 0. The Morgan fingerprint density at radius 2 is 1.78 bits per heavy atom. The summed E-state index contributed by atoms with van der Waals surface area (Å²) in [6, 6.07) is 5.54. The van der Waals surface area contributed by atoms with E-state index < -0.39 is 29.4 Å². The molecule has 1 aliphatic rings. The van der Waals surface area contributed by atoms with Crippen molar-refractivity contribution < 1.29 is 19.1 Å². The van der Waals surface area contributed by atoms with Gasteiger partial charge in [-0.15, -0.1) is 0 Å². The van der Waals surface area contributed by atoms with E-state index in [1.54, 1.807) is 20.8 Å². The van der Waals surface area contributed by atoms with Crippen LogP contribution in [0.5, 0.6) is 0 Å². The highest BCUT2D eigenvalue weighted by Gasteiger charge is 2.40. The number of amides is 2. The maximum Gasteiger partial charge on any atom is 0.420 e. The first-order valence-corrected chi connectivity index (χ1v) is 10.3. The average molecular weight is 440 g/mol. The molecule has 27 heavy (non-hydrogen) atoms. The molecule has 1 unspecified atom stereocenters. The summed E-state index contributed by atoms with van der Waals surface area (Å²) < 4.78 is 12.1. The summed E-state index contributed by atoms with van der Waals surface area (Å²) in [6.07, 6.45) is 1.79. The number of halogens is 1. The van der Waals surface area contributed by atoms with Gasteiger partial charge in [-0.1, -0.05) is 35.0 Å². The summed E-state index contributed by atoms with van der Waals surface area (Å²) in [6.45, 7) is 11.0. The van der Waals surface area contributed by atoms with E-state index >= 15 is 0 Å². The fourth-order valence-electron chi connectivity index (χ4n) is 3.06. The van der Waals surface area contributed by atoms with Gasteiger partial charge in [-0.2, -0.15) is 0 Å². The van der Waals surface area contributed by atoms with Crippen LogP contribution < -0.4 is 0 Å². The summed E-state index contributed by atoms with van der Waals surface area (Å²) in [5, 5.41) is 0. The van der Waals surface area contributed by atoms with Crippen molar-refractivity contribution in [1.29, 1.82) is 0 Å². The molecule has 2 amide bonds. The average Bonchev–Trinajstić information content (AvgIpc) is 2.53. The van der Waals surface area contributed by atoms with Gasteiger partial charge in [0.25, 0.3) is 0 Å². The molecule has 2 rings (SSSR count). The first kappa shape index (κ1) is 21.7. The van der Waals surface area contributed by atoms with Gasteiger partial charge in [-0.25, -0.2) is 14.5 Å². The number of fused-ring (bicyclic) bond motifs is 1. The third kappa shape index (κ3) is 5.47. The van der Waals surface area contributed by atoms with Crippen molar-refractivity contribution in [3.05, 3.63) is 33.8 Å². The van der Waals surface area contributed by atoms with E-state index in [1.165, 1.54) is 0 Å². The van der Waals surface area contributed by atoms with E-state index in [4.69, 9.17) is 9.47 Å². The third-order valence-corrected chi connectivity index (χ3v) is 5.41. The minimum absolute atomic E-state index is 0.417. The molecule has 0 aromatic heterocycles. The van der Waals surface area contributed by atoms with Crippen LogP contribution in [0.2, 0.25) is 0 Å². The van der Waals surface area contributed by atoms with Crippen molar-refractivity contribution in [1.82, 2.24) is 4.90 Å². The monoisotopic (exact) mass is 439 g/mol. The number of imide groups is 1. The number of benzene rings is 1. The molecule has 0 saturated carbocycles. The van der Waals surface area contributed by atoms with E-state index in [-0.39, 0.29) is 0 Å². The number of nitrogens with zero attached hydrogens (tertiary/aromatic N) is 1. The maximum atomic E-state index is 13.1. The van der Waals surface area contributed by atoms with Crippen LogP contribution in [0.25, 0.3) is 0 Å². The molecule has 0 bridgehead atoms. The molecular weight excluding hydrogens is 410 g/mol. The zero-order valence-corrected chi connectivity index (χ0v) is 18.7. The molecule has 5 nitrogen and oxygen atoms in total. The van der Waals surface area contributed by atoms with Crippen LogP contribution in [0.3, 0.4) is 0 Å². The van der Waals surface area contributed by atoms with E-state index in [0.717, 1.165) is 33.3 Å². The fourth-order valence-corrected chi connectivity index (χ4v) is 3.73. The second-order valence-corrected chi connectivity index (χ2v) is 9.41. The van der Waals surface area contributed by atoms with E-state index in [9.17, 15) is 9.59 Å². The highest BCUT2D eigenvalue weighted by Crippen LogP contribution is 2.40. The minimum atomic E-state index is -0.707. The number of ether oxygens (including phenoxy) is 2. The molecule has 0 aliphatic heterocycles. The molecule has 1 atom stereocenters. The van der Waals surface area contributed by atoms with Gasteiger partial charge in [0, 0.05) is 4.47 Å². The molecular formula is C21H30BrNO4. The van der Waals surface area contributed by atoms with Crippen LogP contribution in [0.1, 0.15) is 78.0 Å². The Bertz CT molecular complexity index is 709. The van der Waals surface area contributed by atoms with Crippen LogP contribution in [0, 0.1) is 0 Å². The standard InChI is InChI=1S/C21H30BrNO4/c1-7-21(5,6)27-19(25)23(18(24)26-20(2,3)4)16-13-9-11-14-10-8-12-15(22)17(14)16/h8,10,12,16H,7,9,11,13H2,1-6H3. The van der Waals surface area contributed by atoms with Crippen molar-refractivity contribution in [2.75, 3.05) is 0 Å². The van der Waals surface area contributed by atoms with Crippen molar-refractivity contribution in [2.45, 2.75) is 84.5 Å². The Labute approximate surface area is 170 Å². The first-order chi connectivity index (χ1) is 12.4. The quantitative estimate of drug-likeness (QED) is 0.547. The molecule has 1 aromatic carbocycles. The second kappa shape index (κ2) is 8.21. The van der Waals surface area contributed by atoms with Crippen LogP contribution >= 0.6 is 15.9 Å². The van der Waals surface area contributed by atoms with Crippen LogP contribution in [-0.4, -0.2) is 28.3 Å². The largest absolute Gasteiger partial charge is 0.443 e. The molecule has 0 saturated heterocycles. The smallest absolute Gasteiger partial charge is 0.420 e. The fraction of sp³-hybridized carbons (Fsp3) is 0.619. The summed E-state index contributed by atoms with van der Waals surface area (Å²) in [7, 11) is 0. The lowest BCUT2D eigenvalue weighted by atomic mass is 9.87. The van der Waals surface area contributed by atoms with Gasteiger partial charge in [-0.3, -0.25) is 0 Å². The first-order valence-electron chi connectivity index (χ1n) is 9.47. The molecule has 0 spiro atoms. The maximum absolute atomic E-state index is 13.1. The van der Waals surface area contributed by atoms with E-state index in [2.05, 4.69) is 15.9 Å². The van der Waals surface area contributed by atoms with Gasteiger partial charge in [0.05, 0.1) is 6.04 Å². The number of aryl methyl sites for hydroxylation is 1. The van der Waals surface area contributed by atoms with E-state index in [1.807, 2.05) is 39.0 Å². The molecule has 150 valence electrons. The SMILES string of the molecule is CCC(C)(C)OC(=O)N(C(=O)OC(C)(C)C)C1CCCc2cccc(Br)c21. The van der Waals surface area contributed by atoms with Crippen molar-refractivity contribution in [3.63, 3.8) is 0 Å². The zero-order valence-electron chi connectivity index (χ0n) is 17.1. The summed E-state index contributed by atoms with van der Waals surface area (Å²) in [4.78, 5) is 27.2. The Morgan fingerprint density at radius 1 is 1.15 bits per heavy atom. The normalized spacial score (nSPS) is 17.1. The predicted octanol–water partition coefficient (Wildman–Crippen LogP) is 6.39. The molecule has 0 heterocycles. The van der Waals surface area contributed by atoms with Crippen LogP contribution in [0.4, 0.5) is 9.59 Å². The third-order valence-electron chi connectivity index (χ3n) is 4.71. The number of rotatable bonds is 3. The number of hydrogen-bond donors (Lipinski definition) is 0. The lowest BCUT2D eigenvalue weighted by Crippen LogP contribution is -2.46. The van der Waals surface area contributed by atoms with Crippen LogP contribution in [-0.2, 0) is 15.9 Å².